The van der Waals surface area contributed by atoms with Gasteiger partial charge in [-0.15, -0.1) is 0 Å². The summed E-state index contributed by atoms with van der Waals surface area (Å²) in [5, 5.41) is 10.3. The molecule has 2 atom stereocenters. The Bertz CT molecular complexity index is 1190. The summed E-state index contributed by atoms with van der Waals surface area (Å²) in [7, 11) is 0. The summed E-state index contributed by atoms with van der Waals surface area (Å²) < 4.78 is 6.42. The van der Waals surface area contributed by atoms with E-state index in [1.165, 1.54) is 0 Å². The summed E-state index contributed by atoms with van der Waals surface area (Å²) in [5.41, 5.74) is 3.08. The Morgan fingerprint density at radius 3 is 2.72 bits per heavy atom. The third-order valence-electron chi connectivity index (χ3n) is 5.78. The molecule has 0 radical (unpaired) electrons. The second-order valence-electron chi connectivity index (χ2n) is 7.41. The minimum Gasteiger partial charge on any atom is -0.453 e. The first kappa shape index (κ1) is 16.6. The highest BCUT2D eigenvalue weighted by Crippen LogP contribution is 2.54. The number of carbonyl (C=O) groups is 1. The average molecular weight is 402 g/mol. The average Bonchev–Trinajstić information content (AvgIpc) is 3.31. The molecule has 29 heavy (non-hydrogen) atoms. The van der Waals surface area contributed by atoms with Crippen LogP contribution in [0.2, 0.25) is 5.02 Å². The molecule has 6 heteroatoms. The SMILES string of the molecule is O=C1Nc2ccccc2[C@@]12Oc1ccc(Cl)cc1[C@H]1CC(c3ccccc3)=NN12. The summed E-state index contributed by atoms with van der Waals surface area (Å²) >= 11 is 6.29. The van der Waals surface area contributed by atoms with Gasteiger partial charge in [0, 0.05) is 17.0 Å². The number of hydrazone groups is 1. The molecule has 3 heterocycles. The minimum absolute atomic E-state index is 0.149. The Morgan fingerprint density at radius 1 is 1.07 bits per heavy atom. The monoisotopic (exact) mass is 401 g/mol. The molecule has 5 nitrogen and oxygen atoms in total. The van der Waals surface area contributed by atoms with Crippen LogP contribution in [0, 0.1) is 0 Å². The van der Waals surface area contributed by atoms with E-state index in [4.69, 9.17) is 21.4 Å². The zero-order chi connectivity index (χ0) is 19.6. The fourth-order valence-corrected chi connectivity index (χ4v) is 4.65. The summed E-state index contributed by atoms with van der Waals surface area (Å²) in [5.74, 6) is 0.425. The van der Waals surface area contributed by atoms with Gasteiger partial charge in [-0.1, -0.05) is 60.1 Å². The lowest BCUT2D eigenvalue weighted by molar-refractivity contribution is -0.161. The number of nitrogens with one attached hydrogen (secondary N) is 1. The Hall–Kier alpha value is -3.31. The van der Waals surface area contributed by atoms with Gasteiger partial charge in [-0.2, -0.15) is 5.10 Å². The summed E-state index contributed by atoms with van der Waals surface area (Å²) in [4.78, 5) is 13.3. The number of nitrogens with zero attached hydrogens (tertiary/aromatic N) is 2. The predicted molar refractivity (Wildman–Crippen MR) is 111 cm³/mol. The normalized spacial score (nSPS) is 23.8. The first-order valence-electron chi connectivity index (χ1n) is 9.48. The Kier molecular flexibility index (Phi) is 3.35. The van der Waals surface area contributed by atoms with Crippen LogP contribution in [0.1, 0.15) is 29.2 Å². The zero-order valence-corrected chi connectivity index (χ0v) is 16.1. The molecule has 1 amide bonds. The highest BCUT2D eigenvalue weighted by Gasteiger charge is 2.60. The molecule has 142 valence electrons. The maximum atomic E-state index is 13.3. The molecule has 6 rings (SSSR count). The van der Waals surface area contributed by atoms with Gasteiger partial charge in [0.25, 0.3) is 5.91 Å². The molecule has 1 N–H and O–H groups in total. The highest BCUT2D eigenvalue weighted by atomic mass is 35.5. The van der Waals surface area contributed by atoms with Gasteiger partial charge in [0.1, 0.15) is 5.75 Å². The number of ether oxygens (including phenoxy) is 1. The first-order chi connectivity index (χ1) is 14.2. The second kappa shape index (κ2) is 5.84. The van der Waals surface area contributed by atoms with Gasteiger partial charge in [0.05, 0.1) is 23.0 Å². The molecule has 0 unspecified atom stereocenters. The Balaban J connectivity index is 1.59. The van der Waals surface area contributed by atoms with E-state index in [1.807, 2.05) is 71.7 Å². The lowest BCUT2D eigenvalue weighted by Crippen LogP contribution is -2.55. The van der Waals surface area contributed by atoms with Crippen molar-refractivity contribution in [3.8, 4) is 5.75 Å². The molecular weight excluding hydrogens is 386 g/mol. The number of hydrogen-bond donors (Lipinski definition) is 1. The number of halogens is 1. The number of para-hydroxylation sites is 1. The van der Waals surface area contributed by atoms with E-state index < -0.39 is 5.72 Å². The quantitative estimate of drug-likeness (QED) is 0.643. The van der Waals surface area contributed by atoms with Crippen molar-refractivity contribution in [1.29, 1.82) is 0 Å². The molecule has 0 fully saturated rings. The molecular formula is C23H16ClN3O2. The van der Waals surface area contributed by atoms with Gasteiger partial charge >= 0.3 is 5.72 Å². The molecule has 0 bridgehead atoms. The third kappa shape index (κ3) is 2.22. The van der Waals surface area contributed by atoms with Crippen molar-refractivity contribution in [2.75, 3.05) is 5.32 Å². The number of fused-ring (bicyclic) bond motifs is 6. The lowest BCUT2D eigenvalue weighted by atomic mass is 9.92. The van der Waals surface area contributed by atoms with Crippen molar-refractivity contribution in [1.82, 2.24) is 5.01 Å². The predicted octanol–water partition coefficient (Wildman–Crippen LogP) is 4.69. The number of rotatable bonds is 1. The van der Waals surface area contributed by atoms with Gasteiger partial charge in [0.2, 0.25) is 0 Å². The molecule has 1 spiro atoms. The molecule has 0 aromatic heterocycles. The maximum absolute atomic E-state index is 13.3. The Morgan fingerprint density at radius 2 is 1.86 bits per heavy atom. The van der Waals surface area contributed by atoms with Crippen LogP contribution >= 0.6 is 11.6 Å². The van der Waals surface area contributed by atoms with Crippen LogP contribution in [0.25, 0.3) is 0 Å². The molecule has 0 aliphatic carbocycles. The van der Waals surface area contributed by atoms with Crippen molar-refractivity contribution in [3.05, 3.63) is 94.5 Å². The van der Waals surface area contributed by atoms with Crippen LogP contribution in [-0.4, -0.2) is 16.6 Å². The van der Waals surface area contributed by atoms with E-state index in [0.717, 1.165) is 28.1 Å². The van der Waals surface area contributed by atoms with Crippen LogP contribution < -0.4 is 10.1 Å². The van der Waals surface area contributed by atoms with Crippen LogP contribution in [-0.2, 0) is 10.5 Å². The maximum Gasteiger partial charge on any atom is 0.306 e. The van der Waals surface area contributed by atoms with Crippen molar-refractivity contribution >= 4 is 28.9 Å². The molecule has 0 saturated heterocycles. The van der Waals surface area contributed by atoms with E-state index in [2.05, 4.69) is 5.32 Å². The van der Waals surface area contributed by atoms with Crippen molar-refractivity contribution in [3.63, 3.8) is 0 Å². The molecule has 3 aliphatic heterocycles. The second-order valence-corrected chi connectivity index (χ2v) is 7.84. The standard InChI is InChI=1S/C23H16ClN3O2/c24-15-10-11-21-16(12-15)20-13-19(14-6-2-1-3-7-14)26-27(20)23(29-21)17-8-4-5-9-18(17)25-22(23)28/h1-12,20H,13H2,(H,25,28)/t20-,23-/m1/s1. The van der Waals surface area contributed by atoms with Gasteiger partial charge in [0.15, 0.2) is 0 Å². The van der Waals surface area contributed by atoms with E-state index in [-0.39, 0.29) is 11.9 Å². The van der Waals surface area contributed by atoms with Crippen LogP contribution in [0.3, 0.4) is 0 Å². The van der Waals surface area contributed by atoms with Crippen molar-refractivity contribution in [2.24, 2.45) is 5.10 Å². The van der Waals surface area contributed by atoms with Crippen molar-refractivity contribution in [2.45, 2.75) is 18.2 Å². The van der Waals surface area contributed by atoms with Crippen LogP contribution in [0.4, 0.5) is 5.69 Å². The smallest absolute Gasteiger partial charge is 0.306 e. The van der Waals surface area contributed by atoms with E-state index in [0.29, 0.717) is 17.2 Å². The van der Waals surface area contributed by atoms with Crippen LogP contribution in [0.5, 0.6) is 5.75 Å². The highest BCUT2D eigenvalue weighted by molar-refractivity contribution is 6.30. The minimum atomic E-state index is -1.33. The third-order valence-corrected chi connectivity index (χ3v) is 6.01. The zero-order valence-electron chi connectivity index (χ0n) is 15.3. The van der Waals surface area contributed by atoms with Crippen LogP contribution in [0.15, 0.2) is 77.9 Å². The molecule has 3 aromatic rings. The van der Waals surface area contributed by atoms with Gasteiger partial charge in [-0.25, -0.2) is 5.01 Å². The number of hydrogen-bond acceptors (Lipinski definition) is 4. The Labute approximate surface area is 172 Å². The van der Waals surface area contributed by atoms with Crippen molar-refractivity contribution < 1.29 is 9.53 Å². The lowest BCUT2D eigenvalue weighted by Gasteiger charge is -2.44. The van der Waals surface area contributed by atoms with Gasteiger partial charge in [-0.05, 0) is 29.8 Å². The number of amides is 1. The molecule has 0 saturated carbocycles. The number of benzene rings is 3. The summed E-state index contributed by atoms with van der Waals surface area (Å²) in [6.45, 7) is 0. The number of carbonyl (C=O) groups excluding carboxylic acids is 1. The molecule has 3 aromatic carbocycles. The summed E-state index contributed by atoms with van der Waals surface area (Å²) in [6, 6.07) is 23.0. The first-order valence-corrected chi connectivity index (χ1v) is 9.86. The fourth-order valence-electron chi connectivity index (χ4n) is 4.47. The van der Waals surface area contributed by atoms with E-state index in [1.54, 1.807) is 6.07 Å². The van der Waals surface area contributed by atoms with E-state index >= 15 is 0 Å². The van der Waals surface area contributed by atoms with Gasteiger partial charge < -0.3 is 10.1 Å². The fraction of sp³-hybridized carbons (Fsp3) is 0.130. The number of anilines is 1. The summed E-state index contributed by atoms with van der Waals surface area (Å²) in [6.07, 6.45) is 0.665. The van der Waals surface area contributed by atoms with E-state index in [9.17, 15) is 4.79 Å². The molecule has 3 aliphatic rings. The van der Waals surface area contributed by atoms with Gasteiger partial charge in [-0.3, -0.25) is 4.79 Å². The topological polar surface area (TPSA) is 53.9 Å². The largest absolute Gasteiger partial charge is 0.453 e.